The van der Waals surface area contributed by atoms with Gasteiger partial charge in [-0.3, -0.25) is 0 Å². The molecule has 0 amide bonds. The van der Waals surface area contributed by atoms with Gasteiger partial charge >= 0.3 is 0 Å². The SMILES string of the molecule is [CH]1CC=CC2=C1CC1=C2C=CCC1. The van der Waals surface area contributed by atoms with E-state index in [4.69, 9.17) is 0 Å². The zero-order chi connectivity index (χ0) is 8.67. The van der Waals surface area contributed by atoms with Crippen LogP contribution in [0.25, 0.3) is 0 Å². The Labute approximate surface area is 79.3 Å². The summed E-state index contributed by atoms with van der Waals surface area (Å²) < 4.78 is 0. The van der Waals surface area contributed by atoms with Crippen LogP contribution in [0.15, 0.2) is 46.6 Å². The minimum absolute atomic E-state index is 1.13. The van der Waals surface area contributed by atoms with Crippen molar-refractivity contribution in [2.75, 3.05) is 0 Å². The standard InChI is InChI=1S/C13H13/c1-3-7-12-10(5-1)9-11-6-2-4-8-13(11)12/h3-5,7-8H,1-2,6,9H2. The van der Waals surface area contributed by atoms with Gasteiger partial charge in [0.15, 0.2) is 0 Å². The monoisotopic (exact) mass is 169 g/mol. The number of hydrogen-bond donors (Lipinski definition) is 0. The van der Waals surface area contributed by atoms with Crippen molar-refractivity contribution in [3.63, 3.8) is 0 Å². The van der Waals surface area contributed by atoms with E-state index in [1.807, 2.05) is 0 Å². The molecule has 0 unspecified atom stereocenters. The molecule has 3 aliphatic carbocycles. The molecule has 0 fully saturated rings. The summed E-state index contributed by atoms with van der Waals surface area (Å²) in [6, 6.07) is 0. The highest BCUT2D eigenvalue weighted by atomic mass is 14.3. The normalized spacial score (nSPS) is 25.2. The van der Waals surface area contributed by atoms with Crippen LogP contribution in [0.2, 0.25) is 0 Å². The molecule has 0 aromatic heterocycles. The Morgan fingerprint density at radius 1 is 1.00 bits per heavy atom. The molecular formula is C13H13. The molecule has 1 radical (unpaired) electrons. The Kier molecular flexibility index (Phi) is 1.55. The number of allylic oxidation sites excluding steroid dienone is 8. The van der Waals surface area contributed by atoms with Gasteiger partial charge in [-0.2, -0.15) is 0 Å². The van der Waals surface area contributed by atoms with E-state index in [2.05, 4.69) is 30.7 Å². The molecule has 3 aliphatic rings. The average Bonchev–Trinajstić information content (AvgIpc) is 2.56. The van der Waals surface area contributed by atoms with Gasteiger partial charge in [-0.25, -0.2) is 0 Å². The highest BCUT2D eigenvalue weighted by Crippen LogP contribution is 2.41. The summed E-state index contributed by atoms with van der Waals surface area (Å²) in [6.45, 7) is 0. The third-order valence-electron chi connectivity index (χ3n) is 3.10. The van der Waals surface area contributed by atoms with Crippen molar-refractivity contribution in [1.82, 2.24) is 0 Å². The maximum absolute atomic E-state index is 2.38. The Bertz CT molecular complexity index is 325. The Balaban J connectivity index is 2.05. The third-order valence-corrected chi connectivity index (χ3v) is 3.10. The molecule has 0 spiro atoms. The van der Waals surface area contributed by atoms with Gasteiger partial charge in [0.05, 0.1) is 0 Å². The average molecular weight is 169 g/mol. The quantitative estimate of drug-likeness (QED) is 0.520. The molecule has 3 rings (SSSR count). The minimum Gasteiger partial charge on any atom is -0.0836 e. The van der Waals surface area contributed by atoms with Crippen LogP contribution in [0.3, 0.4) is 0 Å². The zero-order valence-corrected chi connectivity index (χ0v) is 7.72. The van der Waals surface area contributed by atoms with Gasteiger partial charge in [0.2, 0.25) is 0 Å². The summed E-state index contributed by atoms with van der Waals surface area (Å²) in [5.41, 5.74) is 6.25. The van der Waals surface area contributed by atoms with Gasteiger partial charge in [0.25, 0.3) is 0 Å². The van der Waals surface area contributed by atoms with Crippen molar-refractivity contribution in [2.45, 2.75) is 25.7 Å². The number of rotatable bonds is 0. The predicted octanol–water partition coefficient (Wildman–Crippen LogP) is 3.50. The van der Waals surface area contributed by atoms with Crippen LogP contribution in [0, 0.1) is 6.42 Å². The molecular weight excluding hydrogens is 156 g/mol. The first-order chi connectivity index (χ1) is 6.45. The van der Waals surface area contributed by atoms with E-state index in [1.165, 1.54) is 30.4 Å². The van der Waals surface area contributed by atoms with Gasteiger partial charge in [-0.05, 0) is 43.3 Å². The molecule has 0 aromatic carbocycles. The largest absolute Gasteiger partial charge is 0.0836 e. The van der Waals surface area contributed by atoms with Gasteiger partial charge in [-0.15, -0.1) is 0 Å². The second kappa shape index (κ2) is 2.73. The van der Waals surface area contributed by atoms with Gasteiger partial charge in [-0.1, -0.05) is 35.5 Å². The lowest BCUT2D eigenvalue weighted by Gasteiger charge is -2.09. The lowest BCUT2D eigenvalue weighted by atomic mass is 9.95. The maximum Gasteiger partial charge on any atom is -0.00868 e. The summed E-state index contributed by atoms with van der Waals surface area (Å²) in [5.74, 6) is 0. The van der Waals surface area contributed by atoms with Gasteiger partial charge in [0, 0.05) is 0 Å². The summed E-state index contributed by atoms with van der Waals surface area (Å²) in [6.07, 6.45) is 16.4. The summed E-state index contributed by atoms with van der Waals surface area (Å²) in [4.78, 5) is 0. The van der Waals surface area contributed by atoms with Crippen LogP contribution in [0.1, 0.15) is 25.7 Å². The first-order valence-corrected chi connectivity index (χ1v) is 5.07. The number of hydrogen-bond acceptors (Lipinski definition) is 0. The van der Waals surface area contributed by atoms with Gasteiger partial charge in [0.1, 0.15) is 0 Å². The second-order valence-corrected chi connectivity index (χ2v) is 3.92. The molecule has 65 valence electrons. The molecule has 0 heteroatoms. The van der Waals surface area contributed by atoms with Crippen LogP contribution in [0.5, 0.6) is 0 Å². The molecule has 0 atom stereocenters. The fourth-order valence-corrected chi connectivity index (χ4v) is 2.45. The molecule has 0 aliphatic heterocycles. The third kappa shape index (κ3) is 1.05. The van der Waals surface area contributed by atoms with Crippen LogP contribution >= 0.6 is 0 Å². The van der Waals surface area contributed by atoms with Crippen molar-refractivity contribution in [3.05, 3.63) is 53.0 Å². The molecule has 0 N–H and O–H groups in total. The zero-order valence-electron chi connectivity index (χ0n) is 7.72. The lowest BCUT2D eigenvalue weighted by Crippen LogP contribution is -1.91. The molecule has 0 aromatic rings. The maximum atomic E-state index is 2.38. The van der Waals surface area contributed by atoms with Crippen LogP contribution in [-0.2, 0) is 0 Å². The van der Waals surface area contributed by atoms with Crippen molar-refractivity contribution in [1.29, 1.82) is 0 Å². The highest BCUT2D eigenvalue weighted by Gasteiger charge is 2.23. The molecule has 13 heavy (non-hydrogen) atoms. The molecule has 0 nitrogen and oxygen atoms in total. The second-order valence-electron chi connectivity index (χ2n) is 3.92. The summed E-state index contributed by atoms with van der Waals surface area (Å²) in [5, 5.41) is 0. The van der Waals surface area contributed by atoms with E-state index in [1.54, 1.807) is 11.1 Å². The first kappa shape index (κ1) is 7.37. The van der Waals surface area contributed by atoms with Crippen LogP contribution in [0.4, 0.5) is 0 Å². The Hall–Kier alpha value is -1.04. The molecule has 0 bridgehead atoms. The predicted molar refractivity (Wildman–Crippen MR) is 55.1 cm³/mol. The van der Waals surface area contributed by atoms with E-state index < -0.39 is 0 Å². The smallest absolute Gasteiger partial charge is 0.00868 e. The fraction of sp³-hybridized carbons (Fsp3) is 0.308. The Morgan fingerprint density at radius 2 is 1.92 bits per heavy atom. The summed E-state index contributed by atoms with van der Waals surface area (Å²) >= 11 is 0. The highest BCUT2D eigenvalue weighted by molar-refractivity contribution is 5.61. The van der Waals surface area contributed by atoms with E-state index >= 15 is 0 Å². The van der Waals surface area contributed by atoms with Gasteiger partial charge < -0.3 is 0 Å². The Morgan fingerprint density at radius 3 is 2.92 bits per heavy atom. The van der Waals surface area contributed by atoms with E-state index in [0.717, 1.165) is 6.42 Å². The lowest BCUT2D eigenvalue weighted by molar-refractivity contribution is 0.912. The number of fused-ring (bicyclic) bond motifs is 1. The van der Waals surface area contributed by atoms with E-state index in [9.17, 15) is 0 Å². The topological polar surface area (TPSA) is 0 Å². The van der Waals surface area contributed by atoms with Crippen molar-refractivity contribution < 1.29 is 0 Å². The molecule has 0 saturated heterocycles. The van der Waals surface area contributed by atoms with Crippen LogP contribution in [-0.4, -0.2) is 0 Å². The first-order valence-electron chi connectivity index (χ1n) is 5.07. The minimum atomic E-state index is 1.13. The van der Waals surface area contributed by atoms with Crippen molar-refractivity contribution in [3.8, 4) is 0 Å². The van der Waals surface area contributed by atoms with Crippen LogP contribution < -0.4 is 0 Å². The molecule has 0 saturated carbocycles. The van der Waals surface area contributed by atoms with E-state index in [0.29, 0.717) is 0 Å². The fourth-order valence-electron chi connectivity index (χ4n) is 2.45. The van der Waals surface area contributed by atoms with Crippen molar-refractivity contribution in [2.24, 2.45) is 0 Å². The molecule has 0 heterocycles. The van der Waals surface area contributed by atoms with E-state index in [-0.39, 0.29) is 0 Å². The summed E-state index contributed by atoms with van der Waals surface area (Å²) in [7, 11) is 0. The van der Waals surface area contributed by atoms with Crippen molar-refractivity contribution >= 4 is 0 Å².